The van der Waals surface area contributed by atoms with Crippen LogP contribution in [0.25, 0.3) is 11.5 Å². The first-order chi connectivity index (χ1) is 13.7. The van der Waals surface area contributed by atoms with Gasteiger partial charge in [-0.2, -0.15) is 4.68 Å². The summed E-state index contributed by atoms with van der Waals surface area (Å²) in [5, 5.41) is 4.56. The fraction of sp³-hybridized carbons (Fsp3) is 0.529. The molecule has 3 N–H and O–H groups in total. The van der Waals surface area contributed by atoms with Gasteiger partial charge in [0.15, 0.2) is 0 Å². The Bertz CT molecular complexity index is 1030. The summed E-state index contributed by atoms with van der Waals surface area (Å²) in [4.78, 5) is 14.3. The minimum atomic E-state index is -3.20. The number of hydrogen-bond acceptors (Lipinski definition) is 8. The number of halogens is 1. The smallest absolute Gasteiger partial charge is 0.437 e. The van der Waals surface area contributed by atoms with E-state index in [1.807, 2.05) is 0 Å². The van der Waals surface area contributed by atoms with Crippen LogP contribution in [0.5, 0.6) is 5.75 Å². The van der Waals surface area contributed by atoms with E-state index < -0.39 is 15.8 Å². The maximum Gasteiger partial charge on any atom is 0.437 e. The van der Waals surface area contributed by atoms with Crippen LogP contribution in [-0.4, -0.2) is 62.1 Å². The van der Waals surface area contributed by atoms with Gasteiger partial charge in [0.25, 0.3) is 5.89 Å². The van der Waals surface area contributed by atoms with Crippen LogP contribution in [0.15, 0.2) is 21.3 Å². The Morgan fingerprint density at radius 1 is 1.34 bits per heavy atom. The number of aromatic nitrogens is 2. The summed E-state index contributed by atoms with van der Waals surface area (Å²) in [6.07, 6.45) is 2.59. The van der Waals surface area contributed by atoms with Gasteiger partial charge in [-0.15, -0.1) is 5.10 Å². The quantitative estimate of drug-likeness (QED) is 0.597. The van der Waals surface area contributed by atoms with Gasteiger partial charge in [-0.05, 0) is 32.0 Å². The molecule has 1 saturated heterocycles. The van der Waals surface area contributed by atoms with Crippen LogP contribution in [0.2, 0.25) is 5.02 Å². The van der Waals surface area contributed by atoms with Gasteiger partial charge >= 0.3 is 5.76 Å². The second-order valence-electron chi connectivity index (χ2n) is 6.98. The van der Waals surface area contributed by atoms with E-state index >= 15 is 0 Å². The largest absolute Gasteiger partial charge is 0.496 e. The predicted octanol–water partition coefficient (Wildman–Crippen LogP) is 0.761. The highest BCUT2D eigenvalue weighted by Crippen LogP contribution is 2.34. The van der Waals surface area contributed by atoms with E-state index in [1.54, 1.807) is 12.1 Å². The SMILES string of the molecule is COc1cc(N)c(Cl)cc1-c1nn(CCN2CCC(NS(C)(=O)=O)CC2)c(=O)o1. The van der Waals surface area contributed by atoms with Crippen molar-refractivity contribution in [3.8, 4) is 17.2 Å². The third-order valence-electron chi connectivity index (χ3n) is 4.75. The lowest BCUT2D eigenvalue weighted by Crippen LogP contribution is -2.45. The number of nitrogens with one attached hydrogen (secondary N) is 1. The molecule has 0 spiro atoms. The highest BCUT2D eigenvalue weighted by molar-refractivity contribution is 7.88. The molecule has 1 aromatic heterocycles. The van der Waals surface area contributed by atoms with Crippen molar-refractivity contribution in [2.75, 3.05) is 38.7 Å². The van der Waals surface area contributed by atoms with Crippen LogP contribution < -0.4 is 20.9 Å². The number of benzene rings is 1. The molecule has 1 aliphatic rings. The molecule has 3 rings (SSSR count). The number of piperidine rings is 1. The highest BCUT2D eigenvalue weighted by Gasteiger charge is 2.22. The Morgan fingerprint density at radius 2 is 2.03 bits per heavy atom. The van der Waals surface area contributed by atoms with Crippen molar-refractivity contribution in [3.63, 3.8) is 0 Å². The summed E-state index contributed by atoms with van der Waals surface area (Å²) in [5.41, 5.74) is 6.57. The average molecular weight is 446 g/mol. The van der Waals surface area contributed by atoms with Crippen LogP contribution in [0.4, 0.5) is 5.69 Å². The van der Waals surface area contributed by atoms with Crippen molar-refractivity contribution < 1.29 is 17.6 Å². The van der Waals surface area contributed by atoms with Crippen LogP contribution in [0.3, 0.4) is 0 Å². The summed E-state index contributed by atoms with van der Waals surface area (Å²) < 4.78 is 37.1. The van der Waals surface area contributed by atoms with Gasteiger partial charge in [-0.1, -0.05) is 11.6 Å². The molecule has 10 nitrogen and oxygen atoms in total. The Kier molecular flexibility index (Phi) is 6.52. The van der Waals surface area contributed by atoms with Crippen molar-refractivity contribution in [2.45, 2.75) is 25.4 Å². The van der Waals surface area contributed by atoms with Crippen molar-refractivity contribution in [1.82, 2.24) is 19.4 Å². The predicted molar refractivity (Wildman–Crippen MR) is 110 cm³/mol. The normalized spacial score (nSPS) is 16.2. The molecule has 0 amide bonds. The first-order valence-corrected chi connectivity index (χ1v) is 11.3. The second-order valence-corrected chi connectivity index (χ2v) is 9.16. The molecule has 0 unspecified atom stereocenters. The molecular formula is C17H24ClN5O5S. The number of rotatable bonds is 7. The monoisotopic (exact) mass is 445 g/mol. The molecule has 0 atom stereocenters. The summed E-state index contributed by atoms with van der Waals surface area (Å²) in [7, 11) is -1.73. The number of nitrogens with two attached hydrogens (primary N) is 1. The van der Waals surface area contributed by atoms with Crippen LogP contribution in [0, 0.1) is 0 Å². The standard InChI is InChI=1S/C17H24ClN5O5S/c1-27-15-10-14(19)13(18)9-12(15)16-20-23(17(24)28-16)8-7-22-5-3-11(4-6-22)21-29(2,25)26/h9-11,21H,3-8,19H2,1-2H3. The molecule has 2 heterocycles. The van der Waals surface area contributed by atoms with E-state index in [-0.39, 0.29) is 11.9 Å². The van der Waals surface area contributed by atoms with Crippen LogP contribution in [0.1, 0.15) is 12.8 Å². The zero-order chi connectivity index (χ0) is 21.2. The van der Waals surface area contributed by atoms with Crippen molar-refractivity contribution >= 4 is 27.3 Å². The number of sulfonamides is 1. The highest BCUT2D eigenvalue weighted by atomic mass is 35.5. The van der Waals surface area contributed by atoms with Gasteiger partial charge in [0.1, 0.15) is 5.75 Å². The summed E-state index contributed by atoms with van der Waals surface area (Å²) in [6, 6.07) is 3.04. The van der Waals surface area contributed by atoms with E-state index in [0.29, 0.717) is 48.0 Å². The Hall–Kier alpha value is -2.08. The zero-order valence-corrected chi connectivity index (χ0v) is 17.8. The number of ether oxygens (including phenoxy) is 1. The van der Waals surface area contributed by atoms with Crippen molar-refractivity contribution in [3.05, 3.63) is 27.7 Å². The summed E-state index contributed by atoms with van der Waals surface area (Å²) >= 11 is 6.07. The first-order valence-electron chi connectivity index (χ1n) is 9.07. The minimum absolute atomic E-state index is 0.0506. The molecule has 12 heteroatoms. The van der Waals surface area contributed by atoms with Gasteiger partial charge in [-0.3, -0.25) is 0 Å². The summed E-state index contributed by atoms with van der Waals surface area (Å²) in [6.45, 7) is 2.40. The fourth-order valence-corrected chi connectivity index (χ4v) is 4.28. The van der Waals surface area contributed by atoms with E-state index in [4.69, 9.17) is 26.5 Å². The van der Waals surface area contributed by atoms with E-state index in [2.05, 4.69) is 14.7 Å². The third-order valence-corrected chi connectivity index (χ3v) is 5.84. The van der Waals surface area contributed by atoms with Crippen LogP contribution in [-0.2, 0) is 16.6 Å². The number of hydrogen-bond donors (Lipinski definition) is 2. The van der Waals surface area contributed by atoms with Gasteiger partial charge in [-0.25, -0.2) is 17.9 Å². The molecule has 0 bridgehead atoms. The van der Waals surface area contributed by atoms with E-state index in [9.17, 15) is 13.2 Å². The fourth-order valence-electron chi connectivity index (χ4n) is 3.27. The lowest BCUT2D eigenvalue weighted by atomic mass is 10.1. The first kappa shape index (κ1) is 21.6. The number of anilines is 1. The Balaban J connectivity index is 1.64. The molecular weight excluding hydrogens is 422 g/mol. The average Bonchev–Trinajstić information content (AvgIpc) is 3.02. The number of likely N-dealkylation sites (tertiary alicyclic amines) is 1. The molecule has 0 radical (unpaired) electrons. The summed E-state index contributed by atoms with van der Waals surface area (Å²) in [5.74, 6) is -0.0748. The molecule has 2 aromatic rings. The Morgan fingerprint density at radius 3 is 2.66 bits per heavy atom. The van der Waals surface area contributed by atoms with E-state index in [0.717, 1.165) is 19.3 Å². The number of nitrogens with zero attached hydrogens (tertiary/aromatic N) is 3. The Labute approximate surface area is 173 Å². The molecule has 160 valence electrons. The van der Waals surface area contributed by atoms with Gasteiger partial charge < -0.3 is 19.8 Å². The zero-order valence-electron chi connectivity index (χ0n) is 16.2. The molecule has 0 aliphatic carbocycles. The maximum atomic E-state index is 12.2. The van der Waals surface area contributed by atoms with E-state index in [1.165, 1.54) is 11.8 Å². The second kappa shape index (κ2) is 8.74. The maximum absolute atomic E-state index is 12.2. The van der Waals surface area contributed by atoms with Crippen molar-refractivity contribution in [1.29, 1.82) is 0 Å². The molecule has 29 heavy (non-hydrogen) atoms. The molecule has 1 aromatic carbocycles. The lowest BCUT2D eigenvalue weighted by molar-refractivity contribution is 0.197. The van der Waals surface area contributed by atoms with Crippen molar-refractivity contribution in [2.24, 2.45) is 0 Å². The lowest BCUT2D eigenvalue weighted by Gasteiger charge is -2.31. The molecule has 1 aliphatic heterocycles. The van der Waals surface area contributed by atoms with Crippen LogP contribution >= 0.6 is 11.6 Å². The number of methoxy groups -OCH3 is 1. The topological polar surface area (TPSA) is 133 Å². The third kappa shape index (κ3) is 5.50. The molecule has 1 fully saturated rings. The minimum Gasteiger partial charge on any atom is -0.496 e. The number of nitrogen functional groups attached to an aromatic ring is 1. The molecule has 0 saturated carbocycles. The van der Waals surface area contributed by atoms with Gasteiger partial charge in [0, 0.05) is 18.7 Å². The van der Waals surface area contributed by atoms with Gasteiger partial charge in [0.2, 0.25) is 10.0 Å². The van der Waals surface area contributed by atoms with Gasteiger partial charge in [0.05, 0.1) is 36.2 Å².